The van der Waals surface area contributed by atoms with Gasteiger partial charge in [0.2, 0.25) is 10.0 Å². The van der Waals surface area contributed by atoms with E-state index in [0.717, 1.165) is 11.5 Å². The molecule has 1 aliphatic heterocycles. The summed E-state index contributed by atoms with van der Waals surface area (Å²) in [6, 6.07) is 10.5. The van der Waals surface area contributed by atoms with Gasteiger partial charge in [-0.25, -0.2) is 13.4 Å². The van der Waals surface area contributed by atoms with Gasteiger partial charge in [-0.05, 0) is 37.3 Å². The number of halogens is 1. The lowest BCUT2D eigenvalue weighted by molar-refractivity contribution is 0.373. The number of aromatic nitrogens is 1. The minimum atomic E-state index is -3.66. The highest BCUT2D eigenvalue weighted by molar-refractivity contribution is 7.89. The van der Waals surface area contributed by atoms with Gasteiger partial charge >= 0.3 is 0 Å². The van der Waals surface area contributed by atoms with Crippen LogP contribution in [-0.2, 0) is 10.0 Å². The molecule has 6 nitrogen and oxygen atoms in total. The second-order valence-electron chi connectivity index (χ2n) is 5.82. The van der Waals surface area contributed by atoms with Crippen molar-refractivity contribution in [3.05, 3.63) is 47.1 Å². The maximum atomic E-state index is 13.0. The van der Waals surface area contributed by atoms with Gasteiger partial charge in [0.05, 0.1) is 7.11 Å². The number of aryl methyl sites for hydroxylation is 1. The lowest BCUT2D eigenvalue weighted by Gasteiger charge is -2.35. The van der Waals surface area contributed by atoms with Crippen molar-refractivity contribution in [1.82, 2.24) is 9.29 Å². The van der Waals surface area contributed by atoms with Gasteiger partial charge in [0.25, 0.3) is 0 Å². The van der Waals surface area contributed by atoms with Crippen LogP contribution >= 0.6 is 11.6 Å². The first kappa shape index (κ1) is 18.0. The Morgan fingerprint density at radius 2 is 1.84 bits per heavy atom. The van der Waals surface area contributed by atoms with Crippen molar-refractivity contribution in [2.24, 2.45) is 0 Å². The molecule has 0 saturated carbocycles. The fourth-order valence-corrected chi connectivity index (χ4v) is 4.69. The summed E-state index contributed by atoms with van der Waals surface area (Å²) in [6.45, 7) is 3.87. The van der Waals surface area contributed by atoms with Crippen LogP contribution in [0.25, 0.3) is 0 Å². The van der Waals surface area contributed by atoms with E-state index in [1.54, 1.807) is 12.1 Å². The molecule has 1 fully saturated rings. The van der Waals surface area contributed by atoms with Crippen LogP contribution < -0.4 is 9.64 Å². The maximum absolute atomic E-state index is 13.0. The molecule has 2 heterocycles. The zero-order valence-corrected chi connectivity index (χ0v) is 15.7. The molecule has 0 spiro atoms. The van der Waals surface area contributed by atoms with Crippen LogP contribution in [0.15, 0.2) is 41.3 Å². The Morgan fingerprint density at radius 3 is 2.48 bits per heavy atom. The van der Waals surface area contributed by atoms with E-state index in [1.807, 2.05) is 25.1 Å². The number of pyridine rings is 1. The minimum absolute atomic E-state index is 0.102. The summed E-state index contributed by atoms with van der Waals surface area (Å²) in [5, 5.41) is 0.363. The Balaban J connectivity index is 1.79. The van der Waals surface area contributed by atoms with Crippen molar-refractivity contribution in [3.63, 3.8) is 0 Å². The lowest BCUT2D eigenvalue weighted by atomic mass is 10.3. The summed E-state index contributed by atoms with van der Waals surface area (Å²) < 4.78 is 32.6. The highest BCUT2D eigenvalue weighted by Gasteiger charge is 2.31. The third-order valence-corrected chi connectivity index (χ3v) is 6.33. The molecule has 1 aromatic heterocycles. The molecule has 0 bridgehead atoms. The second kappa shape index (κ2) is 7.19. The first-order valence-electron chi connectivity index (χ1n) is 7.94. The molecule has 0 unspecified atom stereocenters. The fraction of sp³-hybridized carbons (Fsp3) is 0.353. The molecule has 0 atom stereocenters. The Labute approximate surface area is 153 Å². The second-order valence-corrected chi connectivity index (χ2v) is 8.17. The van der Waals surface area contributed by atoms with Crippen LogP contribution in [0.3, 0.4) is 0 Å². The zero-order chi connectivity index (χ0) is 18.0. The number of rotatable bonds is 4. The maximum Gasteiger partial charge on any atom is 0.246 e. The molecule has 2 aromatic rings. The summed E-state index contributed by atoms with van der Waals surface area (Å²) >= 11 is 5.98. The molecule has 0 N–H and O–H groups in total. The molecule has 0 aliphatic carbocycles. The summed E-state index contributed by atoms with van der Waals surface area (Å²) in [5.74, 6) is 1.17. The van der Waals surface area contributed by atoms with Gasteiger partial charge in [0, 0.05) is 36.9 Å². The lowest BCUT2D eigenvalue weighted by Crippen LogP contribution is -2.49. The normalized spacial score (nSPS) is 16.0. The van der Waals surface area contributed by atoms with Crippen molar-refractivity contribution >= 4 is 27.4 Å². The Kier molecular flexibility index (Phi) is 5.17. The largest absolute Gasteiger partial charge is 0.495 e. The summed E-state index contributed by atoms with van der Waals surface area (Å²) in [7, 11) is -2.22. The average Bonchev–Trinajstić information content (AvgIpc) is 2.62. The number of benzene rings is 1. The van der Waals surface area contributed by atoms with E-state index in [2.05, 4.69) is 9.88 Å². The van der Waals surface area contributed by atoms with E-state index in [9.17, 15) is 8.42 Å². The highest BCUT2D eigenvalue weighted by Crippen LogP contribution is 2.30. The third kappa shape index (κ3) is 3.73. The van der Waals surface area contributed by atoms with Crippen LogP contribution in [0.5, 0.6) is 5.75 Å². The SMILES string of the molecule is COc1ccc(Cl)cc1S(=O)(=O)N1CCN(c2cccc(C)n2)CC1. The Hall–Kier alpha value is -1.83. The predicted molar refractivity (Wildman–Crippen MR) is 97.9 cm³/mol. The van der Waals surface area contributed by atoms with Gasteiger partial charge in [-0.3, -0.25) is 0 Å². The molecular weight excluding hydrogens is 362 g/mol. The van der Waals surface area contributed by atoms with Crippen molar-refractivity contribution in [2.45, 2.75) is 11.8 Å². The number of nitrogens with zero attached hydrogens (tertiary/aromatic N) is 3. The fourth-order valence-electron chi connectivity index (χ4n) is 2.85. The molecule has 1 saturated heterocycles. The van der Waals surface area contributed by atoms with E-state index in [0.29, 0.717) is 37.0 Å². The van der Waals surface area contributed by atoms with Crippen LogP contribution in [0.2, 0.25) is 5.02 Å². The van der Waals surface area contributed by atoms with E-state index >= 15 is 0 Å². The molecule has 1 aromatic carbocycles. The molecule has 0 amide bonds. The van der Waals surface area contributed by atoms with Crippen LogP contribution in [0.4, 0.5) is 5.82 Å². The Bertz CT molecular complexity index is 865. The topological polar surface area (TPSA) is 62.7 Å². The number of anilines is 1. The molecule has 25 heavy (non-hydrogen) atoms. The van der Waals surface area contributed by atoms with E-state index in [1.165, 1.54) is 17.5 Å². The Morgan fingerprint density at radius 1 is 1.12 bits per heavy atom. The summed E-state index contributed by atoms with van der Waals surface area (Å²) in [6.07, 6.45) is 0. The van der Waals surface area contributed by atoms with Gasteiger partial charge in [-0.1, -0.05) is 17.7 Å². The van der Waals surface area contributed by atoms with Gasteiger partial charge in [0.1, 0.15) is 16.5 Å². The number of hydrogen-bond donors (Lipinski definition) is 0. The zero-order valence-electron chi connectivity index (χ0n) is 14.1. The summed E-state index contributed by atoms with van der Waals surface area (Å²) in [5.41, 5.74) is 0.941. The first-order chi connectivity index (χ1) is 11.9. The summed E-state index contributed by atoms with van der Waals surface area (Å²) in [4.78, 5) is 6.69. The number of hydrogen-bond acceptors (Lipinski definition) is 5. The molecule has 0 radical (unpaired) electrons. The molecule has 3 rings (SSSR count). The van der Waals surface area contributed by atoms with Crippen molar-refractivity contribution in [2.75, 3.05) is 38.2 Å². The molecular formula is C17H20ClN3O3S. The molecule has 134 valence electrons. The smallest absolute Gasteiger partial charge is 0.246 e. The van der Waals surface area contributed by atoms with Gasteiger partial charge < -0.3 is 9.64 Å². The van der Waals surface area contributed by atoms with Crippen LogP contribution in [-0.4, -0.2) is 51.0 Å². The van der Waals surface area contributed by atoms with Crippen LogP contribution in [0, 0.1) is 6.92 Å². The number of sulfonamides is 1. The minimum Gasteiger partial charge on any atom is -0.495 e. The molecule has 8 heteroatoms. The molecule has 1 aliphatic rings. The van der Waals surface area contributed by atoms with Crippen molar-refractivity contribution < 1.29 is 13.2 Å². The monoisotopic (exact) mass is 381 g/mol. The van der Waals surface area contributed by atoms with Gasteiger partial charge in [0.15, 0.2) is 0 Å². The van der Waals surface area contributed by atoms with Gasteiger partial charge in [-0.15, -0.1) is 0 Å². The number of piperazine rings is 1. The van der Waals surface area contributed by atoms with Crippen molar-refractivity contribution in [1.29, 1.82) is 0 Å². The standard InChI is InChI=1S/C17H20ClN3O3S/c1-13-4-3-5-17(19-13)20-8-10-21(11-9-20)25(22,23)16-12-14(18)6-7-15(16)24-2/h3-7,12H,8-11H2,1-2H3. The predicted octanol–water partition coefficient (Wildman–Crippen LogP) is 2.56. The first-order valence-corrected chi connectivity index (χ1v) is 9.76. The van der Waals surface area contributed by atoms with Crippen LogP contribution in [0.1, 0.15) is 5.69 Å². The average molecular weight is 382 g/mol. The van der Waals surface area contributed by atoms with E-state index in [-0.39, 0.29) is 4.90 Å². The van der Waals surface area contributed by atoms with Crippen molar-refractivity contribution in [3.8, 4) is 5.75 Å². The number of methoxy groups -OCH3 is 1. The van der Waals surface area contributed by atoms with Gasteiger partial charge in [-0.2, -0.15) is 4.31 Å². The third-order valence-electron chi connectivity index (χ3n) is 4.18. The quantitative estimate of drug-likeness (QED) is 0.814. The number of ether oxygens (including phenoxy) is 1. The highest BCUT2D eigenvalue weighted by atomic mass is 35.5. The van der Waals surface area contributed by atoms with E-state index in [4.69, 9.17) is 16.3 Å². The van der Waals surface area contributed by atoms with E-state index < -0.39 is 10.0 Å².